The molecule has 1 atom stereocenters. The van der Waals surface area contributed by atoms with Crippen LogP contribution in [0.3, 0.4) is 0 Å². The number of guanidine groups is 1. The van der Waals surface area contributed by atoms with E-state index in [-0.39, 0.29) is 17.3 Å². The number of esters is 1. The summed E-state index contributed by atoms with van der Waals surface area (Å²) in [6.45, 7) is 11.2. The van der Waals surface area contributed by atoms with Crippen LogP contribution in [0.4, 0.5) is 0 Å². The van der Waals surface area contributed by atoms with Crippen molar-refractivity contribution in [1.82, 2.24) is 10.2 Å². The second kappa shape index (κ2) is 10.8. The van der Waals surface area contributed by atoms with E-state index in [0.29, 0.717) is 13.2 Å². The predicted molar refractivity (Wildman–Crippen MR) is 120 cm³/mol. The third-order valence-corrected chi connectivity index (χ3v) is 6.37. The van der Waals surface area contributed by atoms with Crippen LogP contribution in [0.5, 0.6) is 0 Å². The van der Waals surface area contributed by atoms with Crippen molar-refractivity contribution in [1.29, 1.82) is 0 Å². The number of nitrogens with zero attached hydrogens (tertiary/aromatic N) is 2. The summed E-state index contributed by atoms with van der Waals surface area (Å²) in [5.74, 6) is 0.751. The molecular weight excluding hydrogens is 378 g/mol. The zero-order valence-corrected chi connectivity index (χ0v) is 18.8. The molecule has 0 aromatic heterocycles. The summed E-state index contributed by atoms with van der Waals surface area (Å²) >= 11 is 0. The van der Waals surface area contributed by atoms with Gasteiger partial charge in [0.15, 0.2) is 5.96 Å². The molecule has 1 aromatic rings. The lowest BCUT2D eigenvalue weighted by atomic mass is 9.72. The zero-order chi connectivity index (χ0) is 21.4. The van der Waals surface area contributed by atoms with Crippen molar-refractivity contribution < 1.29 is 14.3 Å². The first kappa shape index (κ1) is 22.6. The van der Waals surface area contributed by atoms with Gasteiger partial charge in [-0.1, -0.05) is 24.3 Å². The minimum Gasteiger partial charge on any atom is -0.466 e. The van der Waals surface area contributed by atoms with Crippen molar-refractivity contribution in [3.05, 3.63) is 35.4 Å². The number of hydrogen-bond acceptors (Lipinski definition) is 4. The number of rotatable bonds is 6. The highest BCUT2D eigenvalue weighted by molar-refractivity contribution is 5.81. The molecule has 1 N–H and O–H groups in total. The molecule has 6 nitrogen and oxygen atoms in total. The summed E-state index contributed by atoms with van der Waals surface area (Å²) in [4.78, 5) is 19.6. The van der Waals surface area contributed by atoms with Gasteiger partial charge in [-0.2, -0.15) is 0 Å². The fraction of sp³-hybridized carbons (Fsp3) is 0.667. The molecule has 0 saturated carbocycles. The van der Waals surface area contributed by atoms with Crippen molar-refractivity contribution in [3.63, 3.8) is 0 Å². The van der Waals surface area contributed by atoms with Crippen LogP contribution in [-0.2, 0) is 19.7 Å². The first-order chi connectivity index (χ1) is 14.6. The highest BCUT2D eigenvalue weighted by Crippen LogP contribution is 2.37. The van der Waals surface area contributed by atoms with Gasteiger partial charge in [-0.3, -0.25) is 9.79 Å². The van der Waals surface area contributed by atoms with Crippen LogP contribution in [0, 0.1) is 12.8 Å². The smallest absolute Gasteiger partial charge is 0.310 e. The molecule has 2 heterocycles. The monoisotopic (exact) mass is 415 g/mol. The van der Waals surface area contributed by atoms with E-state index < -0.39 is 0 Å². The Morgan fingerprint density at radius 1 is 1.30 bits per heavy atom. The first-order valence-electron chi connectivity index (χ1n) is 11.4. The Balaban J connectivity index is 1.81. The lowest BCUT2D eigenvalue weighted by molar-refractivity contribution is -0.149. The number of ether oxygens (including phenoxy) is 2. The number of likely N-dealkylation sites (tertiary alicyclic amines) is 1. The molecule has 2 aliphatic heterocycles. The Morgan fingerprint density at radius 3 is 2.77 bits per heavy atom. The average molecular weight is 416 g/mol. The van der Waals surface area contributed by atoms with Crippen LogP contribution in [-0.4, -0.2) is 62.8 Å². The Kier molecular flexibility index (Phi) is 8.14. The zero-order valence-electron chi connectivity index (χ0n) is 18.8. The summed E-state index contributed by atoms with van der Waals surface area (Å²) in [6.07, 6.45) is 3.82. The molecule has 0 aliphatic carbocycles. The quantitative estimate of drug-likeness (QED) is 0.439. The van der Waals surface area contributed by atoms with E-state index in [0.717, 1.165) is 64.5 Å². The van der Waals surface area contributed by atoms with Gasteiger partial charge < -0.3 is 19.7 Å². The van der Waals surface area contributed by atoms with E-state index >= 15 is 0 Å². The molecule has 0 amide bonds. The second-order valence-electron chi connectivity index (χ2n) is 8.42. The standard InChI is InChI=1S/C24H37N3O3/c1-4-25-23(27-14-8-10-20(17-27)22(28)30-5-2)26-18-24(12-15-29-16-13-24)21-11-7-6-9-19(21)3/h6-7,9,11,20H,4-5,8,10,12-18H2,1-3H3,(H,25,26). The second-order valence-corrected chi connectivity index (χ2v) is 8.42. The SMILES string of the molecule is CCNC(=NCC1(c2ccccc2C)CCOCC1)N1CCCC(C(=O)OCC)C1. The van der Waals surface area contributed by atoms with E-state index in [1.807, 2.05) is 6.92 Å². The number of aliphatic imine (C=N–C) groups is 1. The molecule has 2 aliphatic rings. The molecule has 0 bridgehead atoms. The minimum atomic E-state index is -0.0844. The summed E-state index contributed by atoms with van der Waals surface area (Å²) < 4.78 is 11.0. The molecule has 2 saturated heterocycles. The molecule has 1 aromatic carbocycles. The Labute approximate surface area is 181 Å². The third kappa shape index (κ3) is 5.34. The Hall–Kier alpha value is -2.08. The van der Waals surface area contributed by atoms with Crippen molar-refractivity contribution in [2.24, 2.45) is 10.9 Å². The normalized spacial score (nSPS) is 21.9. The highest BCUT2D eigenvalue weighted by atomic mass is 16.5. The summed E-state index contributed by atoms with van der Waals surface area (Å²) in [6, 6.07) is 8.67. The maximum atomic E-state index is 12.3. The number of carbonyl (C=O) groups excluding carboxylic acids is 1. The number of benzene rings is 1. The van der Waals surface area contributed by atoms with Crippen molar-refractivity contribution in [2.45, 2.75) is 51.9 Å². The van der Waals surface area contributed by atoms with Crippen LogP contribution in [0.15, 0.2) is 29.3 Å². The third-order valence-electron chi connectivity index (χ3n) is 6.37. The van der Waals surface area contributed by atoms with Crippen molar-refractivity contribution in [2.75, 3.05) is 46.0 Å². The van der Waals surface area contributed by atoms with Crippen molar-refractivity contribution in [3.8, 4) is 0 Å². The lowest BCUT2D eigenvalue weighted by Gasteiger charge is -2.39. The summed E-state index contributed by atoms with van der Waals surface area (Å²) in [5, 5.41) is 3.46. The van der Waals surface area contributed by atoms with E-state index in [1.54, 1.807) is 0 Å². The van der Waals surface area contributed by atoms with Gasteiger partial charge >= 0.3 is 5.97 Å². The predicted octanol–water partition coefficient (Wildman–Crippen LogP) is 3.28. The van der Waals surface area contributed by atoms with Gasteiger partial charge in [-0.15, -0.1) is 0 Å². The topological polar surface area (TPSA) is 63.2 Å². The molecule has 3 rings (SSSR count). The number of carbonyl (C=O) groups is 1. The molecule has 2 fully saturated rings. The van der Waals surface area contributed by atoms with Gasteiger partial charge in [0.2, 0.25) is 0 Å². The first-order valence-corrected chi connectivity index (χ1v) is 11.4. The highest BCUT2D eigenvalue weighted by Gasteiger charge is 2.36. The molecule has 166 valence electrons. The largest absolute Gasteiger partial charge is 0.466 e. The van der Waals surface area contributed by atoms with E-state index in [4.69, 9.17) is 14.5 Å². The average Bonchev–Trinajstić information content (AvgIpc) is 2.78. The molecular formula is C24H37N3O3. The molecule has 6 heteroatoms. The van der Waals surface area contributed by atoms with Crippen molar-refractivity contribution >= 4 is 11.9 Å². The lowest BCUT2D eigenvalue weighted by Crippen LogP contribution is -2.49. The van der Waals surface area contributed by atoms with E-state index in [1.165, 1.54) is 11.1 Å². The van der Waals surface area contributed by atoms with Gasteiger partial charge in [0.05, 0.1) is 19.1 Å². The maximum absolute atomic E-state index is 12.3. The fourth-order valence-corrected chi connectivity index (χ4v) is 4.72. The van der Waals surface area contributed by atoms with Gasteiger partial charge in [-0.05, 0) is 57.6 Å². The number of hydrogen-bond donors (Lipinski definition) is 1. The maximum Gasteiger partial charge on any atom is 0.310 e. The summed E-state index contributed by atoms with van der Waals surface area (Å²) in [7, 11) is 0. The Bertz CT molecular complexity index is 728. The minimum absolute atomic E-state index is 0.000589. The van der Waals surface area contributed by atoms with Gasteiger partial charge in [-0.25, -0.2) is 0 Å². The van der Waals surface area contributed by atoms with Gasteiger partial charge in [0, 0.05) is 38.3 Å². The van der Waals surface area contributed by atoms with Crippen LogP contribution in [0.1, 0.15) is 50.7 Å². The Morgan fingerprint density at radius 2 is 2.07 bits per heavy atom. The number of nitrogens with one attached hydrogen (secondary N) is 1. The molecule has 0 spiro atoms. The number of piperidine rings is 1. The van der Waals surface area contributed by atoms with E-state index in [9.17, 15) is 4.79 Å². The molecule has 30 heavy (non-hydrogen) atoms. The molecule has 1 unspecified atom stereocenters. The summed E-state index contributed by atoms with van der Waals surface area (Å²) in [5.41, 5.74) is 2.71. The van der Waals surface area contributed by atoms with Crippen LogP contribution >= 0.6 is 0 Å². The van der Waals surface area contributed by atoms with Gasteiger partial charge in [0.25, 0.3) is 0 Å². The fourth-order valence-electron chi connectivity index (χ4n) is 4.72. The number of aryl methyl sites for hydroxylation is 1. The van der Waals surface area contributed by atoms with Crippen LogP contribution in [0.2, 0.25) is 0 Å². The van der Waals surface area contributed by atoms with Crippen LogP contribution in [0.25, 0.3) is 0 Å². The van der Waals surface area contributed by atoms with Gasteiger partial charge in [0.1, 0.15) is 0 Å². The van der Waals surface area contributed by atoms with Crippen LogP contribution < -0.4 is 5.32 Å². The molecule has 0 radical (unpaired) electrons. The van der Waals surface area contributed by atoms with E-state index in [2.05, 4.69) is 48.3 Å².